The number of nitrogens with zero attached hydrogens (tertiary/aromatic N) is 1. The number of hydrogen-bond donors (Lipinski definition) is 2. The maximum atomic E-state index is 12.7. The lowest BCUT2D eigenvalue weighted by atomic mass is 10.1. The number of carbonyl (C=O) groups is 2. The standard InChI is InChI=1S/C25H23N3O5S2/c1-17(29)34-16-24(30)19-6-11-25(27-15-19)28-35(31,32)21-9-7-20(8-10-21)33-13-12-18-14-26-23-5-3-2-4-22(18)23/h2-11,14-15,26H,12-13,16H2,1H3,(H,27,28). The van der Waals surface area contributed by atoms with E-state index in [0.29, 0.717) is 24.3 Å². The molecule has 2 N–H and O–H groups in total. The molecule has 35 heavy (non-hydrogen) atoms. The van der Waals surface area contributed by atoms with Crippen LogP contribution in [0.5, 0.6) is 5.75 Å². The third kappa shape index (κ3) is 6.28. The first-order valence-electron chi connectivity index (χ1n) is 10.7. The number of thioether (sulfide) groups is 1. The molecular formula is C25H23N3O5S2. The molecule has 0 unspecified atom stereocenters. The van der Waals surface area contributed by atoms with Crippen molar-refractivity contribution in [1.82, 2.24) is 9.97 Å². The fourth-order valence-corrected chi connectivity index (χ4v) is 4.91. The number of benzene rings is 2. The number of ketones is 1. The number of H-pyrrole nitrogens is 1. The SMILES string of the molecule is CC(=O)SCC(=O)c1ccc(NS(=O)(=O)c2ccc(OCCc3c[nH]c4ccccc34)cc2)nc1. The minimum Gasteiger partial charge on any atom is -0.493 e. The molecule has 0 atom stereocenters. The highest BCUT2D eigenvalue weighted by atomic mass is 32.2. The number of anilines is 1. The normalized spacial score (nSPS) is 11.3. The van der Waals surface area contributed by atoms with Crippen molar-refractivity contribution in [3.8, 4) is 5.75 Å². The van der Waals surface area contributed by atoms with E-state index in [2.05, 4.69) is 20.8 Å². The van der Waals surface area contributed by atoms with E-state index in [0.717, 1.165) is 28.2 Å². The Bertz CT molecular complexity index is 1450. The summed E-state index contributed by atoms with van der Waals surface area (Å²) < 4.78 is 33.6. The third-order valence-corrected chi connectivity index (χ3v) is 7.36. The Labute approximate surface area is 207 Å². The molecule has 2 aromatic heterocycles. The zero-order valence-electron chi connectivity index (χ0n) is 18.9. The van der Waals surface area contributed by atoms with Gasteiger partial charge in [-0.2, -0.15) is 0 Å². The molecule has 0 aliphatic rings. The Morgan fingerprint density at radius 1 is 1.06 bits per heavy atom. The number of aromatic nitrogens is 2. The van der Waals surface area contributed by atoms with Crippen molar-refractivity contribution >= 4 is 49.4 Å². The Morgan fingerprint density at radius 3 is 2.54 bits per heavy atom. The zero-order valence-corrected chi connectivity index (χ0v) is 20.5. The molecule has 2 heterocycles. The van der Waals surface area contributed by atoms with Gasteiger partial charge in [0.05, 0.1) is 17.3 Å². The third-order valence-electron chi connectivity index (χ3n) is 5.18. The quantitative estimate of drug-likeness (QED) is 0.303. The monoisotopic (exact) mass is 509 g/mol. The van der Waals surface area contributed by atoms with Crippen LogP contribution in [-0.4, -0.2) is 41.6 Å². The maximum absolute atomic E-state index is 12.7. The van der Waals surface area contributed by atoms with E-state index < -0.39 is 10.0 Å². The van der Waals surface area contributed by atoms with Crippen molar-refractivity contribution in [2.75, 3.05) is 17.1 Å². The fourth-order valence-electron chi connectivity index (χ4n) is 3.40. The van der Waals surface area contributed by atoms with Gasteiger partial charge < -0.3 is 9.72 Å². The molecule has 10 heteroatoms. The molecule has 0 fully saturated rings. The van der Waals surface area contributed by atoms with Crippen LogP contribution in [0.3, 0.4) is 0 Å². The van der Waals surface area contributed by atoms with E-state index in [1.165, 1.54) is 37.4 Å². The first-order chi connectivity index (χ1) is 16.8. The number of fused-ring (bicyclic) bond motifs is 1. The molecule has 180 valence electrons. The predicted molar refractivity (Wildman–Crippen MR) is 136 cm³/mol. The second-order valence-corrected chi connectivity index (χ2v) is 10.5. The second kappa shape index (κ2) is 10.7. The zero-order chi connectivity index (χ0) is 24.8. The summed E-state index contributed by atoms with van der Waals surface area (Å²) >= 11 is 0.912. The lowest BCUT2D eigenvalue weighted by Gasteiger charge is -2.10. The van der Waals surface area contributed by atoms with Gasteiger partial charge in [0, 0.05) is 42.2 Å². The van der Waals surface area contributed by atoms with Crippen molar-refractivity contribution in [2.24, 2.45) is 0 Å². The largest absolute Gasteiger partial charge is 0.493 e. The summed E-state index contributed by atoms with van der Waals surface area (Å²) in [5.41, 5.74) is 2.53. The highest BCUT2D eigenvalue weighted by Gasteiger charge is 2.16. The van der Waals surface area contributed by atoms with Crippen molar-refractivity contribution in [2.45, 2.75) is 18.2 Å². The number of aromatic amines is 1. The fraction of sp³-hybridized carbons (Fsp3) is 0.160. The Balaban J connectivity index is 1.33. The van der Waals surface area contributed by atoms with Gasteiger partial charge in [0.2, 0.25) is 0 Å². The van der Waals surface area contributed by atoms with Crippen molar-refractivity contribution in [3.63, 3.8) is 0 Å². The summed E-state index contributed by atoms with van der Waals surface area (Å²) in [4.78, 5) is 30.3. The summed E-state index contributed by atoms with van der Waals surface area (Å²) in [5.74, 6) is 0.401. The lowest BCUT2D eigenvalue weighted by Crippen LogP contribution is -2.14. The van der Waals surface area contributed by atoms with Crippen LogP contribution in [0.25, 0.3) is 10.9 Å². The number of ether oxygens (including phenoxy) is 1. The number of pyridine rings is 1. The van der Waals surface area contributed by atoms with E-state index in [4.69, 9.17) is 4.74 Å². The van der Waals surface area contributed by atoms with E-state index in [1.807, 2.05) is 24.4 Å². The van der Waals surface area contributed by atoms with E-state index >= 15 is 0 Å². The van der Waals surface area contributed by atoms with Gasteiger partial charge in [-0.1, -0.05) is 30.0 Å². The first-order valence-corrected chi connectivity index (χ1v) is 13.2. The van der Waals surface area contributed by atoms with Gasteiger partial charge in [-0.3, -0.25) is 14.3 Å². The van der Waals surface area contributed by atoms with Crippen LogP contribution in [0.1, 0.15) is 22.8 Å². The smallest absolute Gasteiger partial charge is 0.263 e. The molecule has 0 saturated carbocycles. The van der Waals surface area contributed by atoms with Crippen LogP contribution < -0.4 is 9.46 Å². The van der Waals surface area contributed by atoms with Crippen molar-refractivity contribution in [3.05, 3.63) is 84.2 Å². The maximum Gasteiger partial charge on any atom is 0.263 e. The Kier molecular flexibility index (Phi) is 7.52. The first kappa shape index (κ1) is 24.5. The average Bonchev–Trinajstić information content (AvgIpc) is 3.26. The molecule has 8 nitrogen and oxygen atoms in total. The summed E-state index contributed by atoms with van der Waals surface area (Å²) in [7, 11) is -3.87. The number of sulfonamides is 1. The summed E-state index contributed by atoms with van der Waals surface area (Å²) in [5, 5.41) is 1.01. The highest BCUT2D eigenvalue weighted by molar-refractivity contribution is 8.14. The molecule has 0 spiro atoms. The molecule has 0 amide bonds. The molecule has 2 aromatic carbocycles. The van der Waals surface area contributed by atoms with Gasteiger partial charge in [-0.05, 0) is 48.0 Å². The molecule has 0 radical (unpaired) electrons. The van der Waals surface area contributed by atoms with Gasteiger partial charge in [-0.25, -0.2) is 13.4 Å². The number of hydrogen-bond acceptors (Lipinski definition) is 7. The molecule has 4 aromatic rings. The number of nitrogens with one attached hydrogen (secondary N) is 2. The second-order valence-electron chi connectivity index (χ2n) is 7.67. The van der Waals surface area contributed by atoms with E-state index in [1.54, 1.807) is 12.1 Å². The van der Waals surface area contributed by atoms with Crippen LogP contribution in [0.4, 0.5) is 5.82 Å². The Morgan fingerprint density at radius 2 is 1.83 bits per heavy atom. The topological polar surface area (TPSA) is 118 Å². The molecular weight excluding hydrogens is 486 g/mol. The van der Waals surface area contributed by atoms with Gasteiger partial charge in [0.25, 0.3) is 10.0 Å². The van der Waals surface area contributed by atoms with Gasteiger partial charge in [0.1, 0.15) is 11.6 Å². The minimum absolute atomic E-state index is 0.0122. The van der Waals surface area contributed by atoms with Crippen molar-refractivity contribution < 1.29 is 22.7 Å². The van der Waals surface area contributed by atoms with Gasteiger partial charge in [-0.15, -0.1) is 0 Å². The molecule has 0 saturated heterocycles. The summed E-state index contributed by atoms with van der Waals surface area (Å²) in [6, 6.07) is 17.1. The van der Waals surface area contributed by atoms with Crippen LogP contribution in [0, 0.1) is 0 Å². The van der Waals surface area contributed by atoms with Crippen LogP contribution in [0.15, 0.2) is 78.0 Å². The molecule has 0 aliphatic carbocycles. The van der Waals surface area contributed by atoms with Crippen LogP contribution in [-0.2, 0) is 21.2 Å². The number of rotatable bonds is 10. The molecule has 4 rings (SSSR count). The van der Waals surface area contributed by atoms with Gasteiger partial charge in [0.15, 0.2) is 10.9 Å². The molecule has 0 bridgehead atoms. The predicted octanol–water partition coefficient (Wildman–Crippen LogP) is 4.45. The highest BCUT2D eigenvalue weighted by Crippen LogP contribution is 2.21. The lowest BCUT2D eigenvalue weighted by molar-refractivity contribution is -0.109. The van der Waals surface area contributed by atoms with Gasteiger partial charge >= 0.3 is 0 Å². The minimum atomic E-state index is -3.87. The van der Waals surface area contributed by atoms with Crippen LogP contribution in [0.2, 0.25) is 0 Å². The number of Topliss-reactive ketones (excluding diaryl/α,β-unsaturated/α-hetero) is 1. The summed E-state index contributed by atoms with van der Waals surface area (Å²) in [6.45, 7) is 1.84. The molecule has 0 aliphatic heterocycles. The summed E-state index contributed by atoms with van der Waals surface area (Å²) in [6.07, 6.45) is 3.96. The van der Waals surface area contributed by atoms with Crippen LogP contribution >= 0.6 is 11.8 Å². The Hall–Kier alpha value is -3.63. The number of para-hydroxylation sites is 1. The van der Waals surface area contributed by atoms with E-state index in [9.17, 15) is 18.0 Å². The van der Waals surface area contributed by atoms with E-state index in [-0.39, 0.29) is 27.4 Å². The number of carbonyl (C=O) groups excluding carboxylic acids is 2. The van der Waals surface area contributed by atoms with Crippen molar-refractivity contribution in [1.29, 1.82) is 0 Å². The average molecular weight is 510 g/mol.